The van der Waals surface area contributed by atoms with Gasteiger partial charge in [-0.1, -0.05) is 36.1 Å². The Labute approximate surface area is 210 Å². The van der Waals surface area contributed by atoms with E-state index in [1.807, 2.05) is 18.2 Å². The Hall–Kier alpha value is -4.83. The first-order valence-electron chi connectivity index (χ1n) is 11.1. The Morgan fingerprint density at radius 2 is 1.56 bits per heavy atom. The Morgan fingerprint density at radius 1 is 0.889 bits per heavy atom. The molecule has 0 saturated heterocycles. The minimum absolute atomic E-state index is 0.364. The van der Waals surface area contributed by atoms with Crippen LogP contribution in [0.4, 0.5) is 5.69 Å². The van der Waals surface area contributed by atoms with Crippen molar-refractivity contribution in [2.45, 2.75) is 13.0 Å². The fourth-order valence-electron chi connectivity index (χ4n) is 3.13. The number of methoxy groups -OCH3 is 2. The normalized spacial score (nSPS) is 11.1. The van der Waals surface area contributed by atoms with Gasteiger partial charge in [-0.25, -0.2) is 4.79 Å². The SMILES string of the molecule is COC(=O)c1cccc(C#Cc2cccc(NC(=O)C(C)NC(=O)/C=C/c3ccc(OC)cc3)c2)c1. The maximum atomic E-state index is 12.6. The lowest BCUT2D eigenvalue weighted by atomic mass is 10.1. The molecular formula is C29H26N2O5. The molecule has 1 unspecified atom stereocenters. The molecule has 0 aliphatic heterocycles. The summed E-state index contributed by atoms with van der Waals surface area (Å²) in [5, 5.41) is 5.43. The van der Waals surface area contributed by atoms with Crippen molar-refractivity contribution in [3.63, 3.8) is 0 Å². The number of ether oxygens (including phenoxy) is 2. The third-order valence-corrected chi connectivity index (χ3v) is 5.06. The molecule has 0 aliphatic rings. The van der Waals surface area contributed by atoms with Crippen molar-refractivity contribution in [2.24, 2.45) is 0 Å². The number of nitrogens with one attached hydrogen (secondary N) is 2. The lowest BCUT2D eigenvalue weighted by molar-refractivity contribution is -0.123. The largest absolute Gasteiger partial charge is 0.497 e. The van der Waals surface area contributed by atoms with E-state index in [1.54, 1.807) is 74.7 Å². The number of esters is 1. The van der Waals surface area contributed by atoms with Gasteiger partial charge in [-0.3, -0.25) is 9.59 Å². The molecule has 2 N–H and O–H groups in total. The molecule has 7 heteroatoms. The molecule has 3 rings (SSSR count). The van der Waals surface area contributed by atoms with E-state index in [9.17, 15) is 14.4 Å². The molecular weight excluding hydrogens is 456 g/mol. The predicted octanol–water partition coefficient (Wildman–Crippen LogP) is 4.04. The van der Waals surface area contributed by atoms with Crippen molar-refractivity contribution in [2.75, 3.05) is 19.5 Å². The molecule has 36 heavy (non-hydrogen) atoms. The minimum atomic E-state index is -0.756. The molecule has 0 heterocycles. The lowest BCUT2D eigenvalue weighted by Crippen LogP contribution is -2.40. The van der Waals surface area contributed by atoms with Crippen molar-refractivity contribution in [3.05, 3.63) is 101 Å². The van der Waals surface area contributed by atoms with Crippen LogP contribution in [0.15, 0.2) is 78.9 Å². The molecule has 0 saturated carbocycles. The van der Waals surface area contributed by atoms with E-state index in [0.717, 1.165) is 11.3 Å². The second kappa shape index (κ2) is 12.6. The summed E-state index contributed by atoms with van der Waals surface area (Å²) in [4.78, 5) is 36.5. The summed E-state index contributed by atoms with van der Waals surface area (Å²) in [6.45, 7) is 1.60. The summed E-state index contributed by atoms with van der Waals surface area (Å²) in [7, 11) is 2.91. The molecule has 2 amide bonds. The molecule has 0 radical (unpaired) electrons. The number of anilines is 1. The molecule has 0 aromatic heterocycles. The van der Waals surface area contributed by atoms with Crippen molar-refractivity contribution in [1.29, 1.82) is 0 Å². The summed E-state index contributed by atoms with van der Waals surface area (Å²) >= 11 is 0. The molecule has 0 spiro atoms. The molecule has 0 fully saturated rings. The second-order valence-electron chi connectivity index (χ2n) is 7.73. The highest BCUT2D eigenvalue weighted by molar-refractivity contribution is 5.99. The van der Waals surface area contributed by atoms with Crippen molar-refractivity contribution < 1.29 is 23.9 Å². The van der Waals surface area contributed by atoms with Crippen LogP contribution in [0.5, 0.6) is 5.75 Å². The van der Waals surface area contributed by atoms with E-state index in [4.69, 9.17) is 9.47 Å². The highest BCUT2D eigenvalue weighted by Gasteiger charge is 2.14. The molecule has 0 aliphatic carbocycles. The van der Waals surface area contributed by atoms with E-state index in [1.165, 1.54) is 13.2 Å². The first-order chi connectivity index (χ1) is 17.4. The van der Waals surface area contributed by atoms with Crippen LogP contribution < -0.4 is 15.4 Å². The minimum Gasteiger partial charge on any atom is -0.497 e. The number of rotatable bonds is 7. The molecule has 3 aromatic carbocycles. The standard InChI is InChI=1S/C29H26N2O5/c1-20(30-27(32)17-14-21-12-15-26(35-2)16-13-21)28(33)31-25-9-5-7-23(19-25)11-10-22-6-4-8-24(18-22)29(34)36-3/h4-9,12-20H,1-3H3,(H,30,32)(H,31,33)/b17-14+. The maximum absolute atomic E-state index is 12.6. The van der Waals surface area contributed by atoms with Gasteiger partial charge in [-0.15, -0.1) is 0 Å². The molecule has 3 aromatic rings. The Balaban J connectivity index is 1.58. The summed E-state index contributed by atoms with van der Waals surface area (Å²) in [5.74, 6) is 5.57. The van der Waals surface area contributed by atoms with Crippen molar-refractivity contribution >= 4 is 29.5 Å². The van der Waals surface area contributed by atoms with Gasteiger partial charge >= 0.3 is 5.97 Å². The highest BCUT2D eigenvalue weighted by Crippen LogP contribution is 2.13. The van der Waals surface area contributed by atoms with Gasteiger partial charge in [0.05, 0.1) is 19.8 Å². The van der Waals surface area contributed by atoms with E-state index >= 15 is 0 Å². The van der Waals surface area contributed by atoms with E-state index in [0.29, 0.717) is 22.4 Å². The fraction of sp³-hybridized carbons (Fsp3) is 0.138. The summed E-state index contributed by atoms with van der Waals surface area (Å²) in [5.41, 5.74) is 3.13. The van der Waals surface area contributed by atoms with Gasteiger partial charge in [0.1, 0.15) is 11.8 Å². The quantitative estimate of drug-likeness (QED) is 0.301. The third kappa shape index (κ3) is 7.61. The number of amides is 2. The number of hydrogen-bond donors (Lipinski definition) is 2. The van der Waals surface area contributed by atoms with Crippen LogP contribution in [0.3, 0.4) is 0 Å². The van der Waals surface area contributed by atoms with Gasteiger partial charge in [0.15, 0.2) is 0 Å². The summed E-state index contributed by atoms with van der Waals surface area (Å²) in [6, 6.07) is 20.4. The van der Waals surface area contributed by atoms with Gasteiger partial charge in [0, 0.05) is 22.9 Å². The third-order valence-electron chi connectivity index (χ3n) is 5.06. The number of carbonyl (C=O) groups is 3. The first kappa shape index (κ1) is 25.8. The van der Waals surface area contributed by atoms with Crippen LogP contribution in [0, 0.1) is 11.8 Å². The zero-order valence-electron chi connectivity index (χ0n) is 20.2. The molecule has 1 atom stereocenters. The average Bonchev–Trinajstić information content (AvgIpc) is 2.91. The zero-order valence-corrected chi connectivity index (χ0v) is 20.2. The van der Waals surface area contributed by atoms with Gasteiger partial charge in [-0.2, -0.15) is 0 Å². The average molecular weight is 483 g/mol. The van der Waals surface area contributed by atoms with Crippen LogP contribution in [-0.2, 0) is 14.3 Å². The van der Waals surface area contributed by atoms with Crippen LogP contribution in [0.2, 0.25) is 0 Å². The Kier molecular flexibility index (Phi) is 9.01. The monoisotopic (exact) mass is 482 g/mol. The molecule has 7 nitrogen and oxygen atoms in total. The Bertz CT molecular complexity index is 1330. The summed E-state index contributed by atoms with van der Waals surface area (Å²) in [6.07, 6.45) is 3.03. The topological polar surface area (TPSA) is 93.7 Å². The number of benzene rings is 3. The zero-order chi connectivity index (χ0) is 25.9. The second-order valence-corrected chi connectivity index (χ2v) is 7.73. The van der Waals surface area contributed by atoms with Gasteiger partial charge in [-0.05, 0) is 67.1 Å². The van der Waals surface area contributed by atoms with Gasteiger partial charge in [0.2, 0.25) is 11.8 Å². The van der Waals surface area contributed by atoms with E-state index < -0.39 is 12.0 Å². The number of hydrogen-bond acceptors (Lipinski definition) is 5. The lowest BCUT2D eigenvalue weighted by Gasteiger charge is -2.13. The highest BCUT2D eigenvalue weighted by atomic mass is 16.5. The van der Waals surface area contributed by atoms with Crippen molar-refractivity contribution in [3.8, 4) is 17.6 Å². The fourth-order valence-corrected chi connectivity index (χ4v) is 3.13. The van der Waals surface area contributed by atoms with Crippen LogP contribution in [0.1, 0.15) is 34.0 Å². The van der Waals surface area contributed by atoms with Crippen molar-refractivity contribution in [1.82, 2.24) is 5.32 Å². The molecule has 0 bridgehead atoms. The van der Waals surface area contributed by atoms with Crippen LogP contribution in [-0.4, -0.2) is 38.0 Å². The Morgan fingerprint density at radius 3 is 2.22 bits per heavy atom. The van der Waals surface area contributed by atoms with Gasteiger partial charge < -0.3 is 20.1 Å². The van der Waals surface area contributed by atoms with E-state index in [-0.39, 0.29) is 11.8 Å². The summed E-state index contributed by atoms with van der Waals surface area (Å²) < 4.78 is 9.84. The molecule has 182 valence electrons. The van der Waals surface area contributed by atoms with Crippen LogP contribution in [0.25, 0.3) is 6.08 Å². The number of carbonyl (C=O) groups excluding carboxylic acids is 3. The van der Waals surface area contributed by atoms with Gasteiger partial charge in [0.25, 0.3) is 0 Å². The predicted molar refractivity (Wildman–Crippen MR) is 138 cm³/mol. The first-order valence-corrected chi connectivity index (χ1v) is 11.1. The smallest absolute Gasteiger partial charge is 0.337 e. The maximum Gasteiger partial charge on any atom is 0.337 e. The van der Waals surface area contributed by atoms with Crippen LogP contribution >= 0.6 is 0 Å². The van der Waals surface area contributed by atoms with E-state index in [2.05, 4.69) is 22.5 Å².